The molecule has 0 aliphatic rings. The molecule has 0 heterocycles. The largest absolute Gasteiger partial charge is 0.480 e. The van der Waals surface area contributed by atoms with Gasteiger partial charge in [-0.3, -0.25) is 4.79 Å². The van der Waals surface area contributed by atoms with Gasteiger partial charge in [0.1, 0.15) is 3.92 Å². The number of rotatable bonds is 1. The Morgan fingerprint density at radius 1 is 1.86 bits per heavy atom. The van der Waals surface area contributed by atoms with Gasteiger partial charge in [-0.05, 0) is 6.92 Å². The van der Waals surface area contributed by atoms with Crippen LogP contribution in [-0.2, 0) is 4.79 Å². The first-order valence-electron chi connectivity index (χ1n) is 1.51. The van der Waals surface area contributed by atoms with Gasteiger partial charge in [0.2, 0.25) is 0 Å². The molecule has 0 rings (SSSR count). The molecular formula is C3H5IKO2. The molecule has 1 atom stereocenters. The Bertz CT molecular complexity index is 64.0. The number of aliphatic carboxylic acids is 1. The molecule has 0 aromatic heterocycles. The predicted molar refractivity (Wildman–Crippen MR) is 36.9 cm³/mol. The van der Waals surface area contributed by atoms with Gasteiger partial charge < -0.3 is 5.11 Å². The van der Waals surface area contributed by atoms with E-state index in [1.54, 1.807) is 6.92 Å². The van der Waals surface area contributed by atoms with Crippen molar-refractivity contribution in [3.8, 4) is 0 Å². The van der Waals surface area contributed by atoms with E-state index in [1.807, 2.05) is 22.6 Å². The summed E-state index contributed by atoms with van der Waals surface area (Å²) >= 11 is 1.83. The average Bonchev–Trinajstić information content (AvgIpc) is 1.36. The summed E-state index contributed by atoms with van der Waals surface area (Å²) in [6.45, 7) is 1.63. The molecule has 0 aromatic rings. The van der Waals surface area contributed by atoms with Crippen molar-refractivity contribution in [1.29, 1.82) is 0 Å². The first-order valence-corrected chi connectivity index (χ1v) is 2.76. The van der Waals surface area contributed by atoms with Gasteiger partial charge in [0, 0.05) is 51.4 Å². The molecule has 0 aliphatic heterocycles. The molecule has 1 radical (unpaired) electrons. The summed E-state index contributed by atoms with van der Waals surface area (Å²) in [4.78, 5) is 9.69. The maximum atomic E-state index is 9.69. The van der Waals surface area contributed by atoms with Crippen LogP contribution in [0.5, 0.6) is 0 Å². The van der Waals surface area contributed by atoms with Crippen molar-refractivity contribution in [3.63, 3.8) is 0 Å². The van der Waals surface area contributed by atoms with Gasteiger partial charge in [-0.2, -0.15) is 0 Å². The third-order valence-electron chi connectivity index (χ3n) is 0.340. The minimum absolute atomic E-state index is 0. The molecule has 0 saturated heterocycles. The van der Waals surface area contributed by atoms with E-state index in [1.165, 1.54) is 0 Å². The van der Waals surface area contributed by atoms with Gasteiger partial charge in [-0.1, -0.05) is 22.6 Å². The van der Waals surface area contributed by atoms with E-state index < -0.39 is 5.97 Å². The van der Waals surface area contributed by atoms with Crippen LogP contribution in [0.15, 0.2) is 0 Å². The second kappa shape index (κ2) is 5.96. The van der Waals surface area contributed by atoms with E-state index in [0.717, 1.165) is 0 Å². The summed E-state index contributed by atoms with van der Waals surface area (Å²) in [5, 5.41) is 7.98. The normalized spacial score (nSPS) is 11.7. The third-order valence-corrected chi connectivity index (χ3v) is 0.873. The molecular weight excluding hydrogens is 234 g/mol. The fourth-order valence-corrected chi connectivity index (χ4v) is 0. The number of carboxylic acids is 1. The summed E-state index contributed by atoms with van der Waals surface area (Å²) in [5.74, 6) is -0.754. The second-order valence-electron chi connectivity index (χ2n) is 0.954. The zero-order valence-electron chi connectivity index (χ0n) is 4.31. The number of hydrogen-bond acceptors (Lipinski definition) is 1. The third kappa shape index (κ3) is 7.84. The molecule has 0 aliphatic carbocycles. The molecule has 0 spiro atoms. The molecule has 1 N–H and O–H groups in total. The Labute approximate surface area is 98.6 Å². The van der Waals surface area contributed by atoms with Crippen LogP contribution in [-0.4, -0.2) is 66.4 Å². The van der Waals surface area contributed by atoms with Crippen LogP contribution in [0.25, 0.3) is 0 Å². The van der Waals surface area contributed by atoms with Crippen molar-refractivity contribution in [2.45, 2.75) is 10.8 Å². The van der Waals surface area contributed by atoms with Crippen LogP contribution in [0, 0.1) is 0 Å². The fourth-order valence-electron chi connectivity index (χ4n) is 0. The standard InChI is InChI=1S/C3H5IO2.K/c1-2(4)3(5)6;/h2H,1H3,(H,5,6);. The van der Waals surface area contributed by atoms with Gasteiger partial charge in [0.05, 0.1) is 0 Å². The fraction of sp³-hybridized carbons (Fsp3) is 0.667. The van der Waals surface area contributed by atoms with E-state index in [4.69, 9.17) is 5.11 Å². The average molecular weight is 239 g/mol. The summed E-state index contributed by atoms with van der Waals surface area (Å²) in [7, 11) is 0. The van der Waals surface area contributed by atoms with Crippen LogP contribution >= 0.6 is 22.6 Å². The monoisotopic (exact) mass is 239 g/mol. The molecule has 4 heteroatoms. The minimum atomic E-state index is -0.754. The van der Waals surface area contributed by atoms with Crippen molar-refractivity contribution in [2.75, 3.05) is 0 Å². The molecule has 0 bridgehead atoms. The van der Waals surface area contributed by atoms with Crippen LogP contribution < -0.4 is 0 Å². The van der Waals surface area contributed by atoms with E-state index in [0.29, 0.717) is 0 Å². The molecule has 7 heavy (non-hydrogen) atoms. The first kappa shape index (κ1) is 11.6. The van der Waals surface area contributed by atoms with E-state index in [9.17, 15) is 4.79 Å². The minimum Gasteiger partial charge on any atom is -0.480 e. The molecule has 2 nitrogen and oxygen atoms in total. The summed E-state index contributed by atoms with van der Waals surface area (Å²) in [6.07, 6.45) is 0. The van der Waals surface area contributed by atoms with Crippen LogP contribution in [0.1, 0.15) is 6.92 Å². The zero-order chi connectivity index (χ0) is 5.15. The topological polar surface area (TPSA) is 37.3 Å². The molecule has 0 aromatic carbocycles. The van der Waals surface area contributed by atoms with Gasteiger partial charge >= 0.3 is 5.97 Å². The zero-order valence-corrected chi connectivity index (χ0v) is 9.59. The van der Waals surface area contributed by atoms with Crippen molar-refractivity contribution >= 4 is 79.9 Å². The summed E-state index contributed by atoms with van der Waals surface area (Å²) in [6, 6.07) is 0. The quantitative estimate of drug-likeness (QED) is 0.411. The second-order valence-corrected chi connectivity index (χ2v) is 2.82. The maximum Gasteiger partial charge on any atom is 0.316 e. The van der Waals surface area contributed by atoms with Gasteiger partial charge in [0.25, 0.3) is 0 Å². The van der Waals surface area contributed by atoms with Gasteiger partial charge in [0.15, 0.2) is 0 Å². The first-order chi connectivity index (χ1) is 2.64. The van der Waals surface area contributed by atoms with Gasteiger partial charge in [-0.25, -0.2) is 0 Å². The van der Waals surface area contributed by atoms with Crippen LogP contribution in [0.3, 0.4) is 0 Å². The van der Waals surface area contributed by atoms with Crippen LogP contribution in [0.4, 0.5) is 0 Å². The van der Waals surface area contributed by atoms with Crippen molar-refractivity contribution < 1.29 is 9.90 Å². The molecule has 0 fully saturated rings. The Morgan fingerprint density at radius 2 is 2.00 bits per heavy atom. The Morgan fingerprint density at radius 3 is 2.00 bits per heavy atom. The van der Waals surface area contributed by atoms with Crippen molar-refractivity contribution in [2.24, 2.45) is 0 Å². The number of alkyl halides is 1. The molecule has 0 amide bonds. The maximum absolute atomic E-state index is 9.69. The summed E-state index contributed by atoms with van der Waals surface area (Å²) < 4.78 is -0.261. The summed E-state index contributed by atoms with van der Waals surface area (Å²) in [5.41, 5.74) is 0. The predicted octanol–water partition coefficient (Wildman–Crippen LogP) is 0.514. The smallest absolute Gasteiger partial charge is 0.316 e. The number of halogens is 1. The molecule has 37 valence electrons. The molecule has 1 unspecified atom stereocenters. The van der Waals surface area contributed by atoms with E-state index >= 15 is 0 Å². The Balaban J connectivity index is 0. The van der Waals surface area contributed by atoms with Crippen molar-refractivity contribution in [3.05, 3.63) is 0 Å². The van der Waals surface area contributed by atoms with E-state index in [2.05, 4.69) is 0 Å². The molecule has 0 saturated carbocycles. The van der Waals surface area contributed by atoms with E-state index in [-0.39, 0.29) is 55.3 Å². The Hall–Kier alpha value is 1.84. The number of hydrogen-bond donors (Lipinski definition) is 1. The van der Waals surface area contributed by atoms with Crippen molar-refractivity contribution in [1.82, 2.24) is 0 Å². The number of carbonyl (C=O) groups is 1. The van der Waals surface area contributed by atoms with Crippen LogP contribution in [0.2, 0.25) is 0 Å². The Kier molecular flexibility index (Phi) is 9.89. The number of carboxylic acid groups (broad SMARTS) is 1. The SMILES string of the molecule is CC(I)C(=O)O.[K]. The van der Waals surface area contributed by atoms with Gasteiger partial charge in [-0.15, -0.1) is 0 Å².